The first kappa shape index (κ1) is 15.0. The van der Waals surface area contributed by atoms with Gasteiger partial charge in [0.15, 0.2) is 11.5 Å². The highest BCUT2D eigenvalue weighted by Crippen LogP contribution is 2.30. The molecule has 20 heavy (non-hydrogen) atoms. The summed E-state index contributed by atoms with van der Waals surface area (Å²) < 4.78 is 33.9. The van der Waals surface area contributed by atoms with Crippen molar-refractivity contribution in [2.45, 2.75) is 32.1 Å². The predicted octanol–water partition coefficient (Wildman–Crippen LogP) is 2.25. The summed E-state index contributed by atoms with van der Waals surface area (Å²) in [4.78, 5) is 2.14. The minimum atomic E-state index is -2.87. The average molecular weight is 287 g/mol. The lowest BCUT2D eigenvalue weighted by molar-refractivity contribution is -0.0512. The lowest BCUT2D eigenvalue weighted by atomic mass is 10.1. The van der Waals surface area contributed by atoms with Crippen LogP contribution in [-0.2, 0) is 6.54 Å². The fourth-order valence-corrected chi connectivity index (χ4v) is 2.44. The largest absolute Gasteiger partial charge is 0.493 e. The minimum Gasteiger partial charge on any atom is -0.493 e. The quantitative estimate of drug-likeness (QED) is 0.902. The van der Waals surface area contributed by atoms with E-state index >= 15 is 0 Å². The number of rotatable bonds is 5. The molecule has 1 atom stereocenters. The summed E-state index contributed by atoms with van der Waals surface area (Å²) in [5.41, 5.74) is 0.942. The molecule has 0 aliphatic carbocycles. The minimum absolute atomic E-state index is 0.0323. The Labute approximate surface area is 116 Å². The van der Waals surface area contributed by atoms with Crippen LogP contribution >= 0.6 is 0 Å². The molecule has 0 saturated carbocycles. The Balaban J connectivity index is 2.05. The number of likely N-dealkylation sites (tertiary alicyclic amines) is 1. The van der Waals surface area contributed by atoms with E-state index in [0.29, 0.717) is 18.8 Å². The molecule has 1 heterocycles. The molecule has 0 bridgehead atoms. The fourth-order valence-electron chi connectivity index (χ4n) is 2.44. The summed E-state index contributed by atoms with van der Waals surface area (Å²) in [7, 11) is 1.42. The monoisotopic (exact) mass is 287 g/mol. The molecule has 112 valence electrons. The lowest BCUT2D eigenvalue weighted by Gasteiger charge is -2.30. The molecule has 0 amide bonds. The van der Waals surface area contributed by atoms with Crippen molar-refractivity contribution in [1.82, 2.24) is 4.90 Å². The maximum atomic E-state index is 12.2. The summed E-state index contributed by atoms with van der Waals surface area (Å²) in [5.74, 6) is 0.324. The first-order valence-corrected chi connectivity index (χ1v) is 6.60. The third-order valence-corrected chi connectivity index (χ3v) is 3.33. The molecule has 0 unspecified atom stereocenters. The summed E-state index contributed by atoms with van der Waals surface area (Å²) in [6, 6.07) is 4.92. The number of hydrogen-bond acceptors (Lipinski definition) is 4. The highest BCUT2D eigenvalue weighted by molar-refractivity contribution is 5.43. The number of nitrogens with zero attached hydrogens (tertiary/aromatic N) is 1. The van der Waals surface area contributed by atoms with Crippen molar-refractivity contribution in [3.8, 4) is 11.5 Å². The second kappa shape index (κ2) is 6.85. The Hall–Kier alpha value is -1.40. The Morgan fingerprint density at radius 2 is 2.20 bits per heavy atom. The van der Waals surface area contributed by atoms with Crippen LogP contribution in [-0.4, -0.2) is 42.9 Å². The van der Waals surface area contributed by atoms with E-state index in [4.69, 9.17) is 4.74 Å². The van der Waals surface area contributed by atoms with Crippen molar-refractivity contribution in [3.63, 3.8) is 0 Å². The Bertz CT molecular complexity index is 442. The highest BCUT2D eigenvalue weighted by Gasteiger charge is 2.18. The summed E-state index contributed by atoms with van der Waals surface area (Å²) in [6.07, 6.45) is 1.51. The number of alkyl halides is 2. The molecule has 6 heteroatoms. The Morgan fingerprint density at radius 1 is 1.40 bits per heavy atom. The van der Waals surface area contributed by atoms with Gasteiger partial charge >= 0.3 is 6.61 Å². The van der Waals surface area contributed by atoms with E-state index in [1.807, 2.05) is 0 Å². The van der Waals surface area contributed by atoms with Gasteiger partial charge in [-0.15, -0.1) is 0 Å². The SMILES string of the molecule is COc1cc(CN2CCC[C@H](O)C2)ccc1OC(F)F. The number of aliphatic hydroxyl groups excluding tert-OH is 1. The first-order valence-electron chi connectivity index (χ1n) is 6.60. The molecule has 1 N–H and O–H groups in total. The smallest absolute Gasteiger partial charge is 0.387 e. The van der Waals surface area contributed by atoms with E-state index in [1.165, 1.54) is 13.2 Å². The highest BCUT2D eigenvalue weighted by atomic mass is 19.3. The molecule has 1 aromatic carbocycles. The van der Waals surface area contributed by atoms with Gasteiger partial charge in [0.25, 0.3) is 0 Å². The van der Waals surface area contributed by atoms with Crippen LogP contribution in [0, 0.1) is 0 Å². The summed E-state index contributed by atoms with van der Waals surface area (Å²) in [5, 5.41) is 9.63. The Morgan fingerprint density at radius 3 is 2.85 bits per heavy atom. The molecular weight excluding hydrogens is 268 g/mol. The zero-order valence-electron chi connectivity index (χ0n) is 11.4. The van der Waals surface area contributed by atoms with Crippen LogP contribution < -0.4 is 9.47 Å². The van der Waals surface area contributed by atoms with Crippen LogP contribution in [0.1, 0.15) is 18.4 Å². The topological polar surface area (TPSA) is 41.9 Å². The molecule has 1 aliphatic rings. The third-order valence-electron chi connectivity index (χ3n) is 3.33. The van der Waals surface area contributed by atoms with Gasteiger partial charge in [-0.3, -0.25) is 4.90 Å². The standard InChI is InChI=1S/C14H19F2NO3/c1-19-13-7-10(4-5-12(13)20-14(15)16)8-17-6-2-3-11(18)9-17/h4-5,7,11,14,18H,2-3,6,8-9H2,1H3/t11-/m0/s1. The number of halogens is 2. The van der Waals surface area contributed by atoms with Gasteiger partial charge in [0.05, 0.1) is 13.2 Å². The molecule has 4 nitrogen and oxygen atoms in total. The number of methoxy groups -OCH3 is 1. The van der Waals surface area contributed by atoms with Gasteiger partial charge in [0.1, 0.15) is 0 Å². The zero-order chi connectivity index (χ0) is 14.5. The molecule has 0 aromatic heterocycles. The normalized spacial score (nSPS) is 20.1. The van der Waals surface area contributed by atoms with E-state index in [2.05, 4.69) is 9.64 Å². The molecular formula is C14H19F2NO3. The molecule has 1 fully saturated rings. The molecule has 1 saturated heterocycles. The van der Waals surface area contributed by atoms with Crippen LogP contribution in [0.25, 0.3) is 0 Å². The zero-order valence-corrected chi connectivity index (χ0v) is 11.4. The van der Waals surface area contributed by atoms with Crippen molar-refractivity contribution < 1.29 is 23.4 Å². The second-order valence-electron chi connectivity index (χ2n) is 4.89. The van der Waals surface area contributed by atoms with Crippen LogP contribution in [0.4, 0.5) is 8.78 Å². The van der Waals surface area contributed by atoms with Crippen molar-refractivity contribution in [1.29, 1.82) is 0 Å². The van der Waals surface area contributed by atoms with Crippen molar-refractivity contribution in [3.05, 3.63) is 23.8 Å². The predicted molar refractivity (Wildman–Crippen MR) is 70.1 cm³/mol. The van der Waals surface area contributed by atoms with Crippen LogP contribution in [0.3, 0.4) is 0 Å². The van der Waals surface area contributed by atoms with Gasteiger partial charge in [-0.2, -0.15) is 8.78 Å². The van der Waals surface area contributed by atoms with E-state index < -0.39 is 6.61 Å². The lowest BCUT2D eigenvalue weighted by Crippen LogP contribution is -2.37. The van der Waals surface area contributed by atoms with Gasteiger partial charge in [-0.1, -0.05) is 6.07 Å². The number of piperidine rings is 1. The molecule has 2 rings (SSSR count). The maximum absolute atomic E-state index is 12.2. The van der Waals surface area contributed by atoms with Gasteiger partial charge in [-0.05, 0) is 37.1 Å². The number of ether oxygens (including phenoxy) is 2. The van der Waals surface area contributed by atoms with Gasteiger partial charge in [0.2, 0.25) is 0 Å². The summed E-state index contributed by atoms with van der Waals surface area (Å²) >= 11 is 0. The van der Waals surface area contributed by atoms with Crippen molar-refractivity contribution >= 4 is 0 Å². The van der Waals surface area contributed by atoms with Crippen LogP contribution in [0.2, 0.25) is 0 Å². The van der Waals surface area contributed by atoms with E-state index in [-0.39, 0.29) is 11.9 Å². The number of aliphatic hydroxyl groups is 1. The summed E-state index contributed by atoms with van der Waals surface area (Å²) in [6.45, 7) is -0.652. The fraction of sp³-hybridized carbons (Fsp3) is 0.571. The van der Waals surface area contributed by atoms with E-state index in [9.17, 15) is 13.9 Å². The second-order valence-corrected chi connectivity index (χ2v) is 4.89. The number of β-amino-alcohol motifs (C(OH)–C–C–N with tert-alkyl or cyclic N) is 1. The van der Waals surface area contributed by atoms with Crippen molar-refractivity contribution in [2.75, 3.05) is 20.2 Å². The van der Waals surface area contributed by atoms with Crippen LogP contribution in [0.5, 0.6) is 11.5 Å². The number of benzene rings is 1. The third kappa shape index (κ3) is 4.05. The molecule has 1 aromatic rings. The van der Waals surface area contributed by atoms with Gasteiger partial charge in [0, 0.05) is 13.1 Å². The first-order chi connectivity index (χ1) is 9.58. The van der Waals surface area contributed by atoms with Gasteiger partial charge in [-0.25, -0.2) is 0 Å². The van der Waals surface area contributed by atoms with Gasteiger partial charge < -0.3 is 14.6 Å². The molecule has 0 radical (unpaired) electrons. The Kier molecular flexibility index (Phi) is 5.14. The molecule has 0 spiro atoms. The van der Waals surface area contributed by atoms with E-state index in [0.717, 1.165) is 24.9 Å². The van der Waals surface area contributed by atoms with Crippen molar-refractivity contribution in [2.24, 2.45) is 0 Å². The molecule has 1 aliphatic heterocycles. The number of hydrogen-bond donors (Lipinski definition) is 1. The maximum Gasteiger partial charge on any atom is 0.387 e. The average Bonchev–Trinajstić information content (AvgIpc) is 2.40. The van der Waals surface area contributed by atoms with Crippen LogP contribution in [0.15, 0.2) is 18.2 Å². The van der Waals surface area contributed by atoms with E-state index in [1.54, 1.807) is 12.1 Å².